The normalized spacial score (nSPS) is 9.74. The van der Waals surface area contributed by atoms with Gasteiger partial charge in [-0.05, 0) is 36.8 Å². The fourth-order valence-corrected chi connectivity index (χ4v) is 1.78. The van der Waals surface area contributed by atoms with Gasteiger partial charge in [0.1, 0.15) is 5.15 Å². The Kier molecular flexibility index (Phi) is 3.79. The molecule has 0 aliphatic rings. The molecule has 1 aromatic carbocycles. The van der Waals surface area contributed by atoms with E-state index in [9.17, 15) is 4.79 Å². The molecule has 0 radical (unpaired) electrons. The second-order valence-electron chi connectivity index (χ2n) is 3.94. The number of amides is 1. The van der Waals surface area contributed by atoms with Gasteiger partial charge in [0, 0.05) is 11.9 Å². The molecule has 0 bridgehead atoms. The molecular formula is C14H10ClN3O. The number of nitrogens with one attached hydrogen (secondary N) is 1. The molecule has 5 heteroatoms. The number of aromatic nitrogens is 1. The molecule has 0 unspecified atom stereocenters. The third-order valence-electron chi connectivity index (χ3n) is 2.62. The van der Waals surface area contributed by atoms with E-state index in [1.807, 2.05) is 13.0 Å². The lowest BCUT2D eigenvalue weighted by Gasteiger charge is -2.09. The molecular weight excluding hydrogens is 262 g/mol. The summed E-state index contributed by atoms with van der Waals surface area (Å²) in [4.78, 5) is 15.9. The highest BCUT2D eigenvalue weighted by molar-refractivity contribution is 6.33. The summed E-state index contributed by atoms with van der Waals surface area (Å²) in [6, 6.07) is 10.4. The minimum atomic E-state index is -0.351. The third kappa shape index (κ3) is 2.90. The first-order valence-electron chi connectivity index (χ1n) is 5.54. The Morgan fingerprint density at radius 1 is 1.42 bits per heavy atom. The van der Waals surface area contributed by atoms with Crippen molar-refractivity contribution in [2.75, 3.05) is 5.32 Å². The zero-order chi connectivity index (χ0) is 13.8. The lowest BCUT2D eigenvalue weighted by molar-refractivity contribution is 0.102. The quantitative estimate of drug-likeness (QED) is 0.853. The van der Waals surface area contributed by atoms with Crippen molar-refractivity contribution in [1.29, 1.82) is 5.26 Å². The smallest absolute Gasteiger partial charge is 0.258 e. The molecule has 0 aliphatic heterocycles. The Morgan fingerprint density at radius 2 is 2.21 bits per heavy atom. The SMILES string of the molecule is Cc1ccc(C#N)cc1NC(=O)c1cccnc1Cl. The molecule has 0 spiro atoms. The molecule has 0 fully saturated rings. The molecule has 0 atom stereocenters. The maximum absolute atomic E-state index is 12.1. The highest BCUT2D eigenvalue weighted by atomic mass is 35.5. The number of benzene rings is 1. The molecule has 19 heavy (non-hydrogen) atoms. The third-order valence-corrected chi connectivity index (χ3v) is 2.92. The lowest BCUT2D eigenvalue weighted by atomic mass is 10.1. The summed E-state index contributed by atoms with van der Waals surface area (Å²) in [5.41, 5.74) is 2.24. The first-order chi connectivity index (χ1) is 9.11. The van der Waals surface area contributed by atoms with Gasteiger partial charge in [-0.1, -0.05) is 17.7 Å². The van der Waals surface area contributed by atoms with Crippen molar-refractivity contribution in [3.8, 4) is 6.07 Å². The second kappa shape index (κ2) is 5.51. The minimum absolute atomic E-state index is 0.147. The van der Waals surface area contributed by atoms with Crippen molar-refractivity contribution >= 4 is 23.2 Å². The van der Waals surface area contributed by atoms with Crippen LogP contribution in [0.4, 0.5) is 5.69 Å². The maximum Gasteiger partial charge on any atom is 0.258 e. The van der Waals surface area contributed by atoms with Gasteiger partial charge in [0.2, 0.25) is 0 Å². The predicted molar refractivity (Wildman–Crippen MR) is 73.1 cm³/mol. The van der Waals surface area contributed by atoms with Gasteiger partial charge in [-0.2, -0.15) is 5.26 Å². The van der Waals surface area contributed by atoms with E-state index in [-0.39, 0.29) is 11.1 Å². The van der Waals surface area contributed by atoms with Crippen LogP contribution in [-0.4, -0.2) is 10.9 Å². The van der Waals surface area contributed by atoms with Crippen molar-refractivity contribution in [3.05, 3.63) is 58.4 Å². The van der Waals surface area contributed by atoms with E-state index >= 15 is 0 Å². The summed E-state index contributed by atoms with van der Waals surface area (Å²) in [6.45, 7) is 1.85. The van der Waals surface area contributed by atoms with Crippen LogP contribution < -0.4 is 5.32 Å². The molecule has 1 aromatic heterocycles. The summed E-state index contributed by atoms with van der Waals surface area (Å²) in [5, 5.41) is 11.7. The number of halogens is 1. The second-order valence-corrected chi connectivity index (χ2v) is 4.30. The number of carbonyl (C=O) groups is 1. The Balaban J connectivity index is 2.30. The van der Waals surface area contributed by atoms with E-state index in [0.29, 0.717) is 16.8 Å². The Hall–Kier alpha value is -2.38. The maximum atomic E-state index is 12.1. The van der Waals surface area contributed by atoms with Crippen molar-refractivity contribution in [3.63, 3.8) is 0 Å². The number of pyridine rings is 1. The van der Waals surface area contributed by atoms with E-state index < -0.39 is 0 Å². The van der Waals surface area contributed by atoms with Gasteiger partial charge < -0.3 is 5.32 Å². The number of anilines is 1. The molecule has 94 valence electrons. The van der Waals surface area contributed by atoms with E-state index in [2.05, 4.69) is 10.3 Å². The number of hydrogen-bond acceptors (Lipinski definition) is 3. The van der Waals surface area contributed by atoms with Crippen molar-refractivity contribution in [2.45, 2.75) is 6.92 Å². The summed E-state index contributed by atoms with van der Waals surface area (Å²) in [7, 11) is 0. The molecule has 2 aromatic rings. The molecule has 0 saturated carbocycles. The highest BCUT2D eigenvalue weighted by Crippen LogP contribution is 2.19. The topological polar surface area (TPSA) is 65.8 Å². The standard InChI is InChI=1S/C14H10ClN3O/c1-9-4-5-10(8-16)7-12(9)18-14(19)11-3-2-6-17-13(11)15/h2-7H,1H3,(H,18,19). The molecule has 0 saturated heterocycles. The van der Waals surface area contributed by atoms with E-state index in [0.717, 1.165) is 5.56 Å². The number of nitrogens with zero attached hydrogens (tertiary/aromatic N) is 2. The zero-order valence-electron chi connectivity index (χ0n) is 10.1. The summed E-state index contributed by atoms with van der Waals surface area (Å²) >= 11 is 5.86. The van der Waals surface area contributed by atoms with E-state index in [1.54, 1.807) is 30.3 Å². The van der Waals surface area contributed by atoms with Crippen LogP contribution in [0, 0.1) is 18.3 Å². The van der Waals surface area contributed by atoms with Crippen LogP contribution in [0.1, 0.15) is 21.5 Å². The number of hydrogen-bond donors (Lipinski definition) is 1. The Labute approximate surface area is 115 Å². The summed E-state index contributed by atoms with van der Waals surface area (Å²) in [5.74, 6) is -0.351. The molecule has 0 aliphatic carbocycles. The molecule has 1 amide bonds. The van der Waals surface area contributed by atoms with Crippen LogP contribution in [0.3, 0.4) is 0 Å². The van der Waals surface area contributed by atoms with Crippen LogP contribution >= 0.6 is 11.6 Å². The van der Waals surface area contributed by atoms with E-state index in [4.69, 9.17) is 16.9 Å². The summed E-state index contributed by atoms with van der Waals surface area (Å²) < 4.78 is 0. The van der Waals surface area contributed by atoms with Crippen molar-refractivity contribution in [2.24, 2.45) is 0 Å². The highest BCUT2D eigenvalue weighted by Gasteiger charge is 2.12. The van der Waals surface area contributed by atoms with Gasteiger partial charge >= 0.3 is 0 Å². The first-order valence-corrected chi connectivity index (χ1v) is 5.92. The van der Waals surface area contributed by atoms with Gasteiger partial charge in [0.15, 0.2) is 0 Å². The fourth-order valence-electron chi connectivity index (χ4n) is 1.57. The Morgan fingerprint density at radius 3 is 2.89 bits per heavy atom. The minimum Gasteiger partial charge on any atom is -0.322 e. The summed E-state index contributed by atoms with van der Waals surface area (Å²) in [6.07, 6.45) is 1.51. The monoisotopic (exact) mass is 271 g/mol. The number of rotatable bonds is 2. The fraction of sp³-hybridized carbons (Fsp3) is 0.0714. The zero-order valence-corrected chi connectivity index (χ0v) is 10.9. The van der Waals surface area contributed by atoms with Crippen molar-refractivity contribution in [1.82, 2.24) is 4.98 Å². The van der Waals surface area contributed by atoms with Crippen LogP contribution in [0.2, 0.25) is 5.15 Å². The average molecular weight is 272 g/mol. The van der Waals surface area contributed by atoms with Gasteiger partial charge in [-0.25, -0.2) is 4.98 Å². The van der Waals surface area contributed by atoms with E-state index in [1.165, 1.54) is 6.20 Å². The molecule has 4 nitrogen and oxygen atoms in total. The van der Waals surface area contributed by atoms with Crippen LogP contribution in [0.5, 0.6) is 0 Å². The lowest BCUT2D eigenvalue weighted by Crippen LogP contribution is -2.13. The number of aryl methyl sites for hydroxylation is 1. The largest absolute Gasteiger partial charge is 0.322 e. The number of carbonyl (C=O) groups excluding carboxylic acids is 1. The molecule has 1 N–H and O–H groups in total. The van der Waals surface area contributed by atoms with Crippen LogP contribution in [0.25, 0.3) is 0 Å². The molecule has 1 heterocycles. The van der Waals surface area contributed by atoms with Gasteiger partial charge in [0.05, 0.1) is 17.2 Å². The van der Waals surface area contributed by atoms with Crippen LogP contribution in [0.15, 0.2) is 36.5 Å². The predicted octanol–water partition coefficient (Wildman–Crippen LogP) is 3.17. The average Bonchev–Trinajstić information content (AvgIpc) is 2.41. The van der Waals surface area contributed by atoms with Gasteiger partial charge in [-0.3, -0.25) is 4.79 Å². The van der Waals surface area contributed by atoms with Gasteiger partial charge in [0.25, 0.3) is 5.91 Å². The van der Waals surface area contributed by atoms with Gasteiger partial charge in [-0.15, -0.1) is 0 Å². The molecule has 2 rings (SSSR count). The van der Waals surface area contributed by atoms with Crippen molar-refractivity contribution < 1.29 is 4.79 Å². The first kappa shape index (κ1) is 13.1. The Bertz CT molecular complexity index is 677. The van der Waals surface area contributed by atoms with Crippen LogP contribution in [-0.2, 0) is 0 Å². The number of nitriles is 1.